The molecule has 84 valence electrons. The van der Waals surface area contributed by atoms with Crippen molar-refractivity contribution in [1.29, 1.82) is 0 Å². The lowest BCUT2D eigenvalue weighted by atomic mass is 10.3. The topological polar surface area (TPSA) is 56.0 Å². The van der Waals surface area contributed by atoms with Crippen molar-refractivity contribution in [3.63, 3.8) is 0 Å². The van der Waals surface area contributed by atoms with E-state index in [-0.39, 0.29) is 0 Å². The Balaban J connectivity index is 2.24. The fourth-order valence-electron chi connectivity index (χ4n) is 1.23. The summed E-state index contributed by atoms with van der Waals surface area (Å²) in [5.41, 5.74) is 7.67. The van der Waals surface area contributed by atoms with Crippen LogP contribution < -0.4 is 5.73 Å². The third-order valence-corrected chi connectivity index (χ3v) is 4.36. The van der Waals surface area contributed by atoms with Crippen LogP contribution in [0.4, 0.5) is 10.1 Å². The van der Waals surface area contributed by atoms with Crippen LogP contribution in [-0.2, 0) is 16.6 Å². The van der Waals surface area contributed by atoms with Crippen LogP contribution in [0.1, 0.15) is 4.88 Å². The zero-order valence-corrected chi connectivity index (χ0v) is 9.85. The Hall–Kier alpha value is -1.27. The number of nitrogen functional groups attached to an aromatic ring is 1. The van der Waals surface area contributed by atoms with Crippen molar-refractivity contribution >= 4 is 27.8 Å². The molecule has 0 aliphatic heterocycles. The summed E-state index contributed by atoms with van der Waals surface area (Å²) in [7, 11) is -1.33. The van der Waals surface area contributed by atoms with Gasteiger partial charge in [-0.25, -0.2) is 4.39 Å². The number of hydrogen-bond donors (Lipinski definition) is 1. The van der Waals surface area contributed by atoms with Gasteiger partial charge in [-0.05, 0) is 18.2 Å². The minimum absolute atomic E-state index is 0.318. The van der Waals surface area contributed by atoms with Crippen molar-refractivity contribution in [3.8, 4) is 0 Å². The van der Waals surface area contributed by atoms with E-state index in [4.69, 9.17) is 5.73 Å². The summed E-state index contributed by atoms with van der Waals surface area (Å²) in [5, 5.41) is 0. The summed E-state index contributed by atoms with van der Waals surface area (Å²) >= 11 is 1.42. The summed E-state index contributed by atoms with van der Waals surface area (Å²) in [6, 6.07) is 3.89. The first-order valence-corrected chi connectivity index (χ1v) is 6.67. The van der Waals surface area contributed by atoms with Crippen molar-refractivity contribution in [2.75, 3.05) is 5.73 Å². The predicted octanol–water partition coefficient (Wildman–Crippen LogP) is 2.17. The van der Waals surface area contributed by atoms with E-state index >= 15 is 0 Å². The third-order valence-electron chi connectivity index (χ3n) is 1.98. The van der Waals surface area contributed by atoms with E-state index < -0.39 is 16.6 Å². The average molecular weight is 256 g/mol. The summed E-state index contributed by atoms with van der Waals surface area (Å²) in [6.07, 6.45) is 1.65. The second kappa shape index (κ2) is 4.71. The van der Waals surface area contributed by atoms with E-state index in [1.165, 1.54) is 29.5 Å². The van der Waals surface area contributed by atoms with Gasteiger partial charge in [-0.1, -0.05) is 0 Å². The fraction of sp³-hybridized carbons (Fsp3) is 0.100. The Kier molecular flexibility index (Phi) is 3.31. The van der Waals surface area contributed by atoms with Crippen molar-refractivity contribution in [3.05, 3.63) is 40.6 Å². The maximum absolute atomic E-state index is 13.0. The Morgan fingerprint density at radius 2 is 2.31 bits per heavy atom. The molecule has 0 amide bonds. The molecule has 1 unspecified atom stereocenters. The monoisotopic (exact) mass is 256 g/mol. The maximum Gasteiger partial charge on any atom is 0.124 e. The van der Waals surface area contributed by atoms with Gasteiger partial charge in [0.05, 0.1) is 27.0 Å². The minimum Gasteiger partial charge on any atom is -0.398 e. The van der Waals surface area contributed by atoms with Crippen LogP contribution in [0, 0.1) is 5.82 Å². The van der Waals surface area contributed by atoms with Crippen LogP contribution in [0.2, 0.25) is 0 Å². The van der Waals surface area contributed by atoms with Crippen molar-refractivity contribution in [1.82, 2.24) is 4.98 Å². The molecule has 3 nitrogen and oxygen atoms in total. The van der Waals surface area contributed by atoms with Gasteiger partial charge in [-0.15, -0.1) is 11.3 Å². The minimum atomic E-state index is -1.33. The molecule has 16 heavy (non-hydrogen) atoms. The summed E-state index contributed by atoms with van der Waals surface area (Å²) in [5.74, 6) is -0.111. The van der Waals surface area contributed by atoms with Crippen LogP contribution in [0.3, 0.4) is 0 Å². The summed E-state index contributed by atoms with van der Waals surface area (Å²) < 4.78 is 24.9. The van der Waals surface area contributed by atoms with Crippen molar-refractivity contribution < 1.29 is 8.60 Å². The number of benzene rings is 1. The lowest BCUT2D eigenvalue weighted by Gasteiger charge is -2.04. The van der Waals surface area contributed by atoms with Crippen LogP contribution >= 0.6 is 11.3 Å². The first-order chi connectivity index (χ1) is 7.66. The highest BCUT2D eigenvalue weighted by molar-refractivity contribution is 7.84. The van der Waals surface area contributed by atoms with E-state index in [9.17, 15) is 8.60 Å². The molecule has 6 heteroatoms. The zero-order chi connectivity index (χ0) is 11.5. The number of halogens is 1. The molecular weight excluding hydrogens is 247 g/mol. The highest BCUT2D eigenvalue weighted by Crippen LogP contribution is 2.21. The molecule has 1 heterocycles. The third kappa shape index (κ3) is 2.45. The SMILES string of the molecule is Nc1ccc(F)cc1S(=O)Cc1cncs1. The number of nitrogens with two attached hydrogens (primary N) is 1. The molecule has 1 aromatic carbocycles. The molecule has 0 aliphatic carbocycles. The fourth-order valence-corrected chi connectivity index (χ4v) is 3.26. The van der Waals surface area contributed by atoms with Gasteiger partial charge in [0.2, 0.25) is 0 Å². The van der Waals surface area contributed by atoms with Gasteiger partial charge < -0.3 is 5.73 Å². The van der Waals surface area contributed by atoms with Crippen molar-refractivity contribution in [2.24, 2.45) is 0 Å². The van der Waals surface area contributed by atoms with E-state index in [2.05, 4.69) is 4.98 Å². The lowest BCUT2D eigenvalue weighted by Crippen LogP contribution is -2.00. The normalized spacial score (nSPS) is 12.6. The molecule has 2 rings (SSSR count). The molecule has 1 aromatic heterocycles. The largest absolute Gasteiger partial charge is 0.398 e. The van der Waals surface area contributed by atoms with Gasteiger partial charge in [-0.2, -0.15) is 0 Å². The quantitative estimate of drug-likeness (QED) is 0.856. The number of rotatable bonds is 3. The molecule has 2 aromatic rings. The average Bonchev–Trinajstić information content (AvgIpc) is 2.74. The number of thiazole rings is 1. The summed E-state index contributed by atoms with van der Waals surface area (Å²) in [6.45, 7) is 0. The van der Waals surface area contributed by atoms with E-state index in [1.54, 1.807) is 11.7 Å². The molecule has 0 radical (unpaired) electrons. The maximum atomic E-state index is 13.0. The van der Waals surface area contributed by atoms with Crippen LogP contribution in [-0.4, -0.2) is 9.19 Å². The van der Waals surface area contributed by atoms with Gasteiger partial charge in [-0.3, -0.25) is 9.19 Å². The van der Waals surface area contributed by atoms with Crippen LogP contribution in [0.25, 0.3) is 0 Å². The molecule has 0 fully saturated rings. The van der Waals surface area contributed by atoms with Crippen LogP contribution in [0.5, 0.6) is 0 Å². The molecule has 0 saturated carbocycles. The lowest BCUT2D eigenvalue weighted by molar-refractivity contribution is 0.623. The number of hydrogen-bond acceptors (Lipinski definition) is 4. The Morgan fingerprint density at radius 3 is 3.00 bits per heavy atom. The molecule has 0 spiro atoms. The van der Waals surface area contributed by atoms with E-state index in [1.807, 2.05) is 0 Å². The van der Waals surface area contributed by atoms with E-state index in [0.717, 1.165) is 4.88 Å². The smallest absolute Gasteiger partial charge is 0.124 e. The van der Waals surface area contributed by atoms with Gasteiger partial charge in [0, 0.05) is 16.8 Å². The first-order valence-electron chi connectivity index (χ1n) is 4.47. The van der Waals surface area contributed by atoms with Gasteiger partial charge in [0.1, 0.15) is 5.82 Å². The molecular formula is C10H9FN2OS2. The molecule has 0 saturated heterocycles. The Bertz CT molecular complexity index is 514. The number of nitrogens with zero attached hydrogens (tertiary/aromatic N) is 1. The zero-order valence-electron chi connectivity index (χ0n) is 8.22. The standard InChI is InChI=1S/C10H9FN2OS2/c11-7-1-2-9(12)10(3-7)16(14)5-8-4-13-6-15-8/h1-4,6H,5,12H2. The highest BCUT2D eigenvalue weighted by Gasteiger charge is 2.10. The number of anilines is 1. The highest BCUT2D eigenvalue weighted by atomic mass is 32.2. The predicted molar refractivity (Wildman–Crippen MR) is 63.0 cm³/mol. The molecule has 0 bridgehead atoms. The molecule has 1 atom stereocenters. The molecule has 2 N–H and O–H groups in total. The van der Waals surface area contributed by atoms with Gasteiger partial charge in [0.15, 0.2) is 0 Å². The van der Waals surface area contributed by atoms with Gasteiger partial charge >= 0.3 is 0 Å². The summed E-state index contributed by atoms with van der Waals surface area (Å²) in [4.78, 5) is 5.12. The second-order valence-electron chi connectivity index (χ2n) is 3.14. The Labute approximate surface area is 98.6 Å². The Morgan fingerprint density at radius 1 is 1.50 bits per heavy atom. The first kappa shape index (κ1) is 11.2. The van der Waals surface area contributed by atoms with E-state index in [0.29, 0.717) is 16.3 Å². The number of aromatic nitrogens is 1. The van der Waals surface area contributed by atoms with Gasteiger partial charge in [0.25, 0.3) is 0 Å². The molecule has 0 aliphatic rings. The second-order valence-corrected chi connectivity index (χ2v) is 5.53. The van der Waals surface area contributed by atoms with Crippen LogP contribution in [0.15, 0.2) is 34.8 Å². The van der Waals surface area contributed by atoms with Crippen molar-refractivity contribution in [2.45, 2.75) is 10.6 Å².